The fourth-order valence-corrected chi connectivity index (χ4v) is 2.81. The lowest BCUT2D eigenvalue weighted by molar-refractivity contribution is 0.101. The molecule has 0 unspecified atom stereocenters. The van der Waals surface area contributed by atoms with E-state index in [0.29, 0.717) is 17.4 Å². The molecule has 4 rings (SSSR count). The van der Waals surface area contributed by atoms with Crippen LogP contribution in [0.3, 0.4) is 0 Å². The Hall–Kier alpha value is -3.20. The number of aryl methyl sites for hydroxylation is 1. The zero-order valence-electron chi connectivity index (χ0n) is 12.3. The normalized spacial score (nSPS) is 10.9. The van der Waals surface area contributed by atoms with E-state index in [-0.39, 0.29) is 11.7 Å². The number of hydrogen-bond acceptors (Lipinski definition) is 8. The highest BCUT2D eigenvalue weighted by Gasteiger charge is 2.18. The van der Waals surface area contributed by atoms with Crippen molar-refractivity contribution in [3.63, 3.8) is 0 Å². The van der Waals surface area contributed by atoms with Crippen molar-refractivity contribution in [3.05, 3.63) is 47.2 Å². The summed E-state index contributed by atoms with van der Waals surface area (Å²) >= 11 is 1.49. The Bertz CT molecular complexity index is 983. The van der Waals surface area contributed by atoms with Gasteiger partial charge in [-0.1, -0.05) is 10.3 Å². The number of anilines is 1. The standard InChI is InChI=1S/C15H10N4O4S/c1-8-5-12(24-7-8)14-17-18-15(22-14)16-13(20)9-6-11(23-19-9)10-3-2-4-21-10/h2-7H,1H3,(H,16,18,20). The molecule has 0 fully saturated rings. The van der Waals surface area contributed by atoms with Crippen LogP contribution in [0.1, 0.15) is 16.1 Å². The topological polar surface area (TPSA) is 107 Å². The van der Waals surface area contributed by atoms with E-state index in [1.165, 1.54) is 23.7 Å². The Morgan fingerprint density at radius 3 is 2.92 bits per heavy atom. The van der Waals surface area contributed by atoms with Crippen LogP contribution in [0, 0.1) is 6.92 Å². The summed E-state index contributed by atoms with van der Waals surface area (Å²) < 4.78 is 15.7. The van der Waals surface area contributed by atoms with E-state index >= 15 is 0 Å². The quantitative estimate of drug-likeness (QED) is 0.603. The van der Waals surface area contributed by atoms with Gasteiger partial charge >= 0.3 is 6.01 Å². The van der Waals surface area contributed by atoms with Gasteiger partial charge in [0, 0.05) is 6.07 Å². The molecule has 24 heavy (non-hydrogen) atoms. The van der Waals surface area contributed by atoms with Gasteiger partial charge in [0.2, 0.25) is 5.76 Å². The van der Waals surface area contributed by atoms with Crippen molar-refractivity contribution < 1.29 is 18.2 Å². The number of carbonyl (C=O) groups excluding carboxylic acids is 1. The number of amides is 1. The second-order valence-corrected chi connectivity index (χ2v) is 5.82. The van der Waals surface area contributed by atoms with E-state index < -0.39 is 5.91 Å². The van der Waals surface area contributed by atoms with Crippen LogP contribution in [0.15, 0.2) is 49.3 Å². The molecule has 4 aromatic rings. The van der Waals surface area contributed by atoms with Gasteiger partial charge in [0.05, 0.1) is 11.1 Å². The van der Waals surface area contributed by atoms with Gasteiger partial charge in [-0.2, -0.15) is 0 Å². The van der Waals surface area contributed by atoms with Crippen molar-refractivity contribution in [1.29, 1.82) is 0 Å². The Morgan fingerprint density at radius 1 is 1.25 bits per heavy atom. The van der Waals surface area contributed by atoms with Gasteiger partial charge in [0.15, 0.2) is 11.5 Å². The van der Waals surface area contributed by atoms with Gasteiger partial charge in [-0.3, -0.25) is 10.1 Å². The molecule has 0 saturated carbocycles. The Labute approximate surface area is 139 Å². The second-order valence-electron chi connectivity index (χ2n) is 4.91. The third kappa shape index (κ3) is 2.72. The molecule has 0 aliphatic carbocycles. The van der Waals surface area contributed by atoms with Crippen LogP contribution < -0.4 is 5.32 Å². The molecule has 9 heteroatoms. The number of nitrogens with zero attached hydrogens (tertiary/aromatic N) is 3. The molecule has 0 aromatic carbocycles. The Morgan fingerprint density at radius 2 is 2.17 bits per heavy atom. The fraction of sp³-hybridized carbons (Fsp3) is 0.0667. The molecule has 0 radical (unpaired) electrons. The van der Waals surface area contributed by atoms with E-state index in [2.05, 4.69) is 20.7 Å². The monoisotopic (exact) mass is 342 g/mol. The molecule has 0 saturated heterocycles. The molecule has 0 aliphatic heterocycles. The predicted molar refractivity (Wildman–Crippen MR) is 84.5 cm³/mol. The summed E-state index contributed by atoms with van der Waals surface area (Å²) in [6.45, 7) is 1.97. The average molecular weight is 342 g/mol. The maximum atomic E-state index is 12.2. The largest absolute Gasteiger partial charge is 0.461 e. The van der Waals surface area contributed by atoms with Crippen LogP contribution in [0.25, 0.3) is 22.3 Å². The molecule has 4 heterocycles. The molecule has 1 amide bonds. The van der Waals surface area contributed by atoms with Crippen molar-refractivity contribution in [3.8, 4) is 22.3 Å². The number of furan rings is 1. The lowest BCUT2D eigenvalue weighted by Crippen LogP contribution is -2.12. The Kier molecular flexibility index (Phi) is 3.47. The number of hydrogen-bond donors (Lipinski definition) is 1. The molecule has 0 atom stereocenters. The van der Waals surface area contributed by atoms with Crippen molar-refractivity contribution in [1.82, 2.24) is 15.4 Å². The molecular weight excluding hydrogens is 332 g/mol. The highest BCUT2D eigenvalue weighted by molar-refractivity contribution is 7.13. The minimum absolute atomic E-state index is 0.0106. The molecule has 0 bridgehead atoms. The molecule has 0 spiro atoms. The molecule has 8 nitrogen and oxygen atoms in total. The number of thiophene rings is 1. The molecule has 120 valence electrons. The molecular formula is C15H10N4O4S. The smallest absolute Gasteiger partial charge is 0.322 e. The first-order valence-electron chi connectivity index (χ1n) is 6.90. The molecule has 0 aliphatic rings. The van der Waals surface area contributed by atoms with Gasteiger partial charge in [-0.15, -0.1) is 16.4 Å². The summed E-state index contributed by atoms with van der Waals surface area (Å²) in [6.07, 6.45) is 1.50. The molecule has 1 N–H and O–H groups in total. The highest BCUT2D eigenvalue weighted by Crippen LogP contribution is 2.27. The van der Waals surface area contributed by atoms with Gasteiger partial charge in [-0.05, 0) is 36.1 Å². The summed E-state index contributed by atoms with van der Waals surface area (Å²) in [5.41, 5.74) is 1.18. The van der Waals surface area contributed by atoms with E-state index in [4.69, 9.17) is 13.4 Å². The van der Waals surface area contributed by atoms with Crippen molar-refractivity contribution in [2.75, 3.05) is 5.32 Å². The van der Waals surface area contributed by atoms with E-state index in [9.17, 15) is 4.79 Å². The number of nitrogens with one attached hydrogen (secondary N) is 1. The van der Waals surface area contributed by atoms with Gasteiger partial charge in [0.25, 0.3) is 11.8 Å². The first kappa shape index (κ1) is 14.4. The third-order valence-electron chi connectivity index (χ3n) is 3.09. The van der Waals surface area contributed by atoms with Crippen LogP contribution in [0.4, 0.5) is 6.01 Å². The van der Waals surface area contributed by atoms with Crippen LogP contribution in [-0.2, 0) is 0 Å². The van der Waals surface area contributed by atoms with Gasteiger partial charge in [-0.25, -0.2) is 0 Å². The third-order valence-corrected chi connectivity index (χ3v) is 4.13. The van der Waals surface area contributed by atoms with Crippen LogP contribution >= 0.6 is 11.3 Å². The van der Waals surface area contributed by atoms with E-state index in [1.54, 1.807) is 12.1 Å². The second kappa shape index (κ2) is 5.78. The van der Waals surface area contributed by atoms with E-state index in [1.807, 2.05) is 18.4 Å². The molecule has 4 aromatic heterocycles. The number of rotatable bonds is 4. The van der Waals surface area contributed by atoms with Gasteiger partial charge < -0.3 is 13.4 Å². The van der Waals surface area contributed by atoms with Crippen molar-refractivity contribution in [2.24, 2.45) is 0 Å². The minimum atomic E-state index is -0.519. The summed E-state index contributed by atoms with van der Waals surface area (Å²) in [7, 11) is 0. The number of aromatic nitrogens is 3. The SMILES string of the molecule is Cc1csc(-c2nnc(NC(=O)c3cc(-c4ccco4)on3)o2)c1. The average Bonchev–Trinajstić information content (AvgIpc) is 3.34. The highest BCUT2D eigenvalue weighted by atomic mass is 32.1. The summed E-state index contributed by atoms with van der Waals surface area (Å²) in [5.74, 6) is 0.661. The van der Waals surface area contributed by atoms with Crippen molar-refractivity contribution >= 4 is 23.3 Å². The zero-order chi connectivity index (χ0) is 16.5. The van der Waals surface area contributed by atoms with Crippen LogP contribution in [-0.4, -0.2) is 21.3 Å². The van der Waals surface area contributed by atoms with Gasteiger partial charge in [0.1, 0.15) is 0 Å². The van der Waals surface area contributed by atoms with Crippen molar-refractivity contribution in [2.45, 2.75) is 6.92 Å². The lowest BCUT2D eigenvalue weighted by atomic mass is 10.3. The maximum absolute atomic E-state index is 12.2. The summed E-state index contributed by atoms with van der Waals surface area (Å²) in [6, 6.07) is 6.80. The van der Waals surface area contributed by atoms with Crippen LogP contribution in [0.5, 0.6) is 0 Å². The lowest BCUT2D eigenvalue weighted by Gasteiger charge is -1.94. The maximum Gasteiger partial charge on any atom is 0.322 e. The zero-order valence-corrected chi connectivity index (χ0v) is 13.2. The van der Waals surface area contributed by atoms with Crippen LogP contribution in [0.2, 0.25) is 0 Å². The first-order chi connectivity index (χ1) is 11.7. The predicted octanol–water partition coefficient (Wildman–Crippen LogP) is 3.61. The Balaban J connectivity index is 1.49. The fourth-order valence-electron chi connectivity index (χ4n) is 1.99. The summed E-state index contributed by atoms with van der Waals surface area (Å²) in [4.78, 5) is 13.0. The van der Waals surface area contributed by atoms with E-state index in [0.717, 1.165) is 10.4 Å². The minimum Gasteiger partial charge on any atom is -0.461 e. The number of carbonyl (C=O) groups is 1. The summed E-state index contributed by atoms with van der Waals surface area (Å²) in [5, 5.41) is 15.9. The first-order valence-corrected chi connectivity index (χ1v) is 7.78.